The van der Waals surface area contributed by atoms with Crippen molar-refractivity contribution in [2.45, 2.75) is 38.5 Å². The molecule has 0 atom stereocenters. The summed E-state index contributed by atoms with van der Waals surface area (Å²) in [7, 11) is -3.44. The molecule has 1 amide bonds. The molecular weight excluding hydrogens is 422 g/mol. The van der Waals surface area contributed by atoms with Gasteiger partial charge in [0.05, 0.1) is 4.92 Å². The molecule has 1 aromatic rings. The Balaban J connectivity index is 1.38. The maximum Gasteiger partial charge on any atom is 0.282 e. The van der Waals surface area contributed by atoms with Gasteiger partial charge < -0.3 is 10.2 Å². The second-order valence-electron chi connectivity index (χ2n) is 7.94. The maximum absolute atomic E-state index is 12.9. The summed E-state index contributed by atoms with van der Waals surface area (Å²) in [6.45, 7) is 3.26. The van der Waals surface area contributed by atoms with Gasteiger partial charge in [-0.05, 0) is 31.4 Å². The number of nitro groups is 1. The largest absolute Gasteiger partial charge is 0.385 e. The Hall–Kier alpha value is -2.24. The van der Waals surface area contributed by atoms with Gasteiger partial charge in [0, 0.05) is 70.1 Å². The maximum atomic E-state index is 12.9. The third kappa shape index (κ3) is 6.37. The molecule has 10 nitrogen and oxygen atoms in total. The molecule has 2 fully saturated rings. The van der Waals surface area contributed by atoms with Crippen LogP contribution in [-0.4, -0.2) is 78.6 Å². The summed E-state index contributed by atoms with van der Waals surface area (Å²) in [6.07, 6.45) is 4.97. The number of carbonyl (C=O) groups excluding carboxylic acids is 1. The smallest absolute Gasteiger partial charge is 0.282 e. The lowest BCUT2D eigenvalue weighted by molar-refractivity contribution is -0.384. The highest BCUT2D eigenvalue weighted by Crippen LogP contribution is 2.19. The molecule has 2 aliphatic heterocycles. The first kappa shape index (κ1) is 23.4. The Morgan fingerprint density at radius 1 is 0.935 bits per heavy atom. The molecule has 11 heteroatoms. The summed E-state index contributed by atoms with van der Waals surface area (Å²) in [5.41, 5.74) is 0.808. The molecule has 1 N–H and O–H groups in total. The van der Waals surface area contributed by atoms with Gasteiger partial charge in [-0.15, -0.1) is 0 Å². The van der Waals surface area contributed by atoms with Crippen molar-refractivity contribution in [3.05, 3.63) is 34.4 Å². The minimum absolute atomic E-state index is 0.0253. The first-order valence-corrected chi connectivity index (χ1v) is 12.3. The normalized spacial score (nSPS) is 19.0. The quantitative estimate of drug-likeness (QED) is 0.366. The van der Waals surface area contributed by atoms with Gasteiger partial charge in [-0.2, -0.15) is 17.0 Å². The third-order valence-electron chi connectivity index (χ3n) is 5.78. The lowest BCUT2D eigenvalue weighted by Crippen LogP contribution is -2.54. The molecule has 2 aliphatic rings. The first-order chi connectivity index (χ1) is 14.9. The highest BCUT2D eigenvalue weighted by atomic mass is 32.2. The van der Waals surface area contributed by atoms with E-state index in [0.717, 1.165) is 31.4 Å². The average molecular weight is 454 g/mol. The van der Waals surface area contributed by atoms with Gasteiger partial charge in [0.1, 0.15) is 0 Å². The van der Waals surface area contributed by atoms with Gasteiger partial charge in [-0.1, -0.05) is 12.8 Å². The van der Waals surface area contributed by atoms with Crippen molar-refractivity contribution in [1.29, 1.82) is 0 Å². The van der Waals surface area contributed by atoms with Gasteiger partial charge >= 0.3 is 0 Å². The number of anilines is 1. The van der Waals surface area contributed by atoms with Crippen molar-refractivity contribution in [3.63, 3.8) is 0 Å². The molecule has 0 aromatic heterocycles. The standard InChI is InChI=1S/C20H31N5O5S/c26-20(6-5-11-21-18-7-9-19(10-8-18)25(27)28)22-14-16-24(17-15-22)31(29,30)23-12-3-1-2-4-13-23/h7-10,21H,1-6,11-17H2. The Bertz CT molecular complexity index is 845. The molecule has 172 valence electrons. The fourth-order valence-electron chi connectivity index (χ4n) is 3.94. The molecule has 0 unspecified atom stereocenters. The Morgan fingerprint density at radius 3 is 2.10 bits per heavy atom. The van der Waals surface area contributed by atoms with E-state index in [1.54, 1.807) is 21.3 Å². The van der Waals surface area contributed by atoms with E-state index in [9.17, 15) is 23.3 Å². The van der Waals surface area contributed by atoms with Crippen LogP contribution in [-0.2, 0) is 15.0 Å². The van der Waals surface area contributed by atoms with Crippen molar-refractivity contribution in [2.24, 2.45) is 0 Å². The number of non-ortho nitro benzene ring substituents is 1. The predicted molar refractivity (Wildman–Crippen MR) is 118 cm³/mol. The topological polar surface area (TPSA) is 116 Å². The number of hydrogen-bond donors (Lipinski definition) is 1. The van der Waals surface area contributed by atoms with E-state index >= 15 is 0 Å². The first-order valence-electron chi connectivity index (χ1n) is 10.9. The van der Waals surface area contributed by atoms with Crippen LogP contribution in [0, 0.1) is 10.1 Å². The van der Waals surface area contributed by atoms with Gasteiger partial charge in [-0.3, -0.25) is 14.9 Å². The number of nitrogens with zero attached hydrogens (tertiary/aromatic N) is 4. The number of piperazine rings is 1. The van der Waals surface area contributed by atoms with Gasteiger partial charge in [0.15, 0.2) is 0 Å². The molecule has 2 heterocycles. The minimum Gasteiger partial charge on any atom is -0.385 e. The van der Waals surface area contributed by atoms with E-state index < -0.39 is 15.1 Å². The number of carbonyl (C=O) groups is 1. The van der Waals surface area contributed by atoms with Crippen LogP contribution >= 0.6 is 0 Å². The average Bonchev–Trinajstić information content (AvgIpc) is 3.07. The zero-order valence-electron chi connectivity index (χ0n) is 17.7. The van der Waals surface area contributed by atoms with E-state index in [1.807, 2.05) is 0 Å². The summed E-state index contributed by atoms with van der Waals surface area (Å²) in [5.74, 6) is 0.0253. The van der Waals surface area contributed by atoms with E-state index in [2.05, 4.69) is 5.32 Å². The van der Waals surface area contributed by atoms with Gasteiger partial charge in [0.2, 0.25) is 5.91 Å². The highest BCUT2D eigenvalue weighted by molar-refractivity contribution is 7.86. The lowest BCUT2D eigenvalue weighted by Gasteiger charge is -2.36. The van der Waals surface area contributed by atoms with Crippen LogP contribution in [0.3, 0.4) is 0 Å². The van der Waals surface area contributed by atoms with Crippen LogP contribution in [0.2, 0.25) is 0 Å². The number of hydrogen-bond acceptors (Lipinski definition) is 6. The molecule has 0 saturated carbocycles. The number of amides is 1. The predicted octanol–water partition coefficient (Wildman–Crippen LogP) is 2.05. The summed E-state index contributed by atoms with van der Waals surface area (Å²) in [4.78, 5) is 24.4. The fourth-order valence-corrected chi connectivity index (χ4v) is 5.61. The van der Waals surface area contributed by atoms with Crippen LogP contribution in [0.1, 0.15) is 38.5 Å². The number of benzene rings is 1. The highest BCUT2D eigenvalue weighted by Gasteiger charge is 2.33. The second-order valence-corrected chi connectivity index (χ2v) is 9.86. The Morgan fingerprint density at radius 2 is 1.52 bits per heavy atom. The van der Waals surface area contributed by atoms with Crippen molar-refractivity contribution >= 4 is 27.5 Å². The van der Waals surface area contributed by atoms with Crippen molar-refractivity contribution in [1.82, 2.24) is 13.5 Å². The van der Waals surface area contributed by atoms with E-state index in [0.29, 0.717) is 58.7 Å². The zero-order chi connectivity index (χ0) is 22.3. The SMILES string of the molecule is O=C(CCCNc1ccc([N+](=O)[O-])cc1)N1CCN(S(=O)(=O)N2CCCCCC2)CC1. The summed E-state index contributed by atoms with van der Waals surface area (Å²) in [6, 6.07) is 6.16. The van der Waals surface area contributed by atoms with E-state index in [1.165, 1.54) is 16.4 Å². The van der Waals surface area contributed by atoms with Crippen LogP contribution in [0.4, 0.5) is 11.4 Å². The van der Waals surface area contributed by atoms with Gasteiger partial charge in [-0.25, -0.2) is 0 Å². The number of rotatable bonds is 8. The molecule has 1 aromatic carbocycles. The Kier molecular flexibility index (Phi) is 8.22. The molecule has 31 heavy (non-hydrogen) atoms. The Labute approximate surface area is 183 Å². The lowest BCUT2D eigenvalue weighted by atomic mass is 10.2. The number of nitro benzene ring substituents is 1. The third-order valence-corrected chi connectivity index (χ3v) is 7.82. The summed E-state index contributed by atoms with van der Waals surface area (Å²) < 4.78 is 28.9. The number of nitrogens with one attached hydrogen (secondary N) is 1. The molecule has 0 radical (unpaired) electrons. The van der Waals surface area contributed by atoms with Crippen LogP contribution < -0.4 is 5.32 Å². The van der Waals surface area contributed by atoms with Crippen molar-refractivity contribution in [2.75, 3.05) is 51.1 Å². The fraction of sp³-hybridized carbons (Fsp3) is 0.650. The van der Waals surface area contributed by atoms with E-state index in [4.69, 9.17) is 0 Å². The minimum atomic E-state index is -3.44. The molecule has 0 bridgehead atoms. The second kappa shape index (κ2) is 10.9. The van der Waals surface area contributed by atoms with Crippen LogP contribution in [0.15, 0.2) is 24.3 Å². The molecule has 0 aliphatic carbocycles. The summed E-state index contributed by atoms with van der Waals surface area (Å²) >= 11 is 0. The van der Waals surface area contributed by atoms with Crippen LogP contribution in [0.25, 0.3) is 0 Å². The van der Waals surface area contributed by atoms with Crippen LogP contribution in [0.5, 0.6) is 0 Å². The van der Waals surface area contributed by atoms with Crippen molar-refractivity contribution < 1.29 is 18.1 Å². The van der Waals surface area contributed by atoms with Gasteiger partial charge in [0.25, 0.3) is 15.9 Å². The molecule has 2 saturated heterocycles. The monoisotopic (exact) mass is 453 g/mol. The van der Waals surface area contributed by atoms with Crippen molar-refractivity contribution in [3.8, 4) is 0 Å². The molecule has 3 rings (SSSR count). The zero-order valence-corrected chi connectivity index (χ0v) is 18.6. The molecular formula is C20H31N5O5S. The summed E-state index contributed by atoms with van der Waals surface area (Å²) in [5, 5.41) is 13.8. The molecule has 0 spiro atoms. The van der Waals surface area contributed by atoms with E-state index in [-0.39, 0.29) is 11.6 Å².